The van der Waals surface area contributed by atoms with Gasteiger partial charge in [0.15, 0.2) is 0 Å². The second-order valence-corrected chi connectivity index (χ2v) is 6.16. The van der Waals surface area contributed by atoms with Gasteiger partial charge in [-0.15, -0.1) is 0 Å². The summed E-state index contributed by atoms with van der Waals surface area (Å²) in [7, 11) is 0. The molecule has 0 bridgehead atoms. The molecule has 0 aliphatic heterocycles. The van der Waals surface area contributed by atoms with Crippen LogP contribution >= 0.6 is 0 Å². The van der Waals surface area contributed by atoms with Gasteiger partial charge < -0.3 is 10.2 Å². The van der Waals surface area contributed by atoms with Crippen molar-refractivity contribution < 1.29 is 9.59 Å². The molecule has 4 nitrogen and oxygen atoms in total. The molecule has 0 aromatic heterocycles. The van der Waals surface area contributed by atoms with E-state index in [1.165, 1.54) is 11.8 Å². The molecule has 0 aliphatic carbocycles. The third kappa shape index (κ3) is 4.69. The van der Waals surface area contributed by atoms with Crippen LogP contribution in [0.4, 0.5) is 5.69 Å². The van der Waals surface area contributed by atoms with E-state index < -0.39 is 0 Å². The third-order valence-corrected chi connectivity index (χ3v) is 3.90. The molecular formula is C20H24N2O2. The van der Waals surface area contributed by atoms with Gasteiger partial charge in [-0.1, -0.05) is 47.5 Å². The van der Waals surface area contributed by atoms with Gasteiger partial charge in [0.2, 0.25) is 11.8 Å². The van der Waals surface area contributed by atoms with Gasteiger partial charge in [0, 0.05) is 19.2 Å². The number of benzene rings is 2. The summed E-state index contributed by atoms with van der Waals surface area (Å²) in [6, 6.07) is 13.8. The summed E-state index contributed by atoms with van der Waals surface area (Å²) in [6.07, 6.45) is 0. The summed E-state index contributed by atoms with van der Waals surface area (Å²) in [5, 5.41) is 2.88. The normalized spacial score (nSPS) is 10.3. The molecule has 0 fully saturated rings. The highest BCUT2D eigenvalue weighted by molar-refractivity contribution is 5.98. The predicted octanol–water partition coefficient (Wildman–Crippen LogP) is 3.28. The molecule has 2 rings (SSSR count). The van der Waals surface area contributed by atoms with Crippen molar-refractivity contribution in [2.45, 2.75) is 34.2 Å². The van der Waals surface area contributed by atoms with Crippen molar-refractivity contribution in [3.63, 3.8) is 0 Å². The van der Waals surface area contributed by atoms with Crippen LogP contribution in [-0.4, -0.2) is 18.4 Å². The Kier molecular flexibility index (Phi) is 5.74. The average molecular weight is 324 g/mol. The van der Waals surface area contributed by atoms with Crippen LogP contribution in [0.1, 0.15) is 29.2 Å². The molecule has 0 radical (unpaired) electrons. The number of carbonyl (C=O) groups is 2. The first kappa shape index (κ1) is 17.7. The topological polar surface area (TPSA) is 49.4 Å². The molecule has 0 atom stereocenters. The summed E-state index contributed by atoms with van der Waals surface area (Å²) in [6.45, 7) is 7.92. The quantitative estimate of drug-likeness (QED) is 0.917. The summed E-state index contributed by atoms with van der Waals surface area (Å²) in [5.41, 5.74) is 5.09. The van der Waals surface area contributed by atoms with Crippen LogP contribution in [0.15, 0.2) is 42.5 Å². The second-order valence-electron chi connectivity index (χ2n) is 6.16. The van der Waals surface area contributed by atoms with E-state index in [1.54, 1.807) is 0 Å². The smallest absolute Gasteiger partial charge is 0.240 e. The fourth-order valence-electron chi connectivity index (χ4n) is 2.70. The molecule has 2 amide bonds. The number of aryl methyl sites for hydroxylation is 3. The highest BCUT2D eigenvalue weighted by atomic mass is 16.2. The van der Waals surface area contributed by atoms with Crippen LogP contribution in [0.25, 0.3) is 0 Å². The van der Waals surface area contributed by atoms with E-state index >= 15 is 0 Å². The number of carbonyl (C=O) groups excluding carboxylic acids is 2. The van der Waals surface area contributed by atoms with Gasteiger partial charge in [-0.05, 0) is 38.0 Å². The Morgan fingerprint density at radius 3 is 2.33 bits per heavy atom. The van der Waals surface area contributed by atoms with Crippen LogP contribution in [0.2, 0.25) is 0 Å². The number of nitrogens with zero attached hydrogens (tertiary/aromatic N) is 1. The minimum absolute atomic E-state index is 0.0189. The van der Waals surface area contributed by atoms with Crippen molar-refractivity contribution in [1.29, 1.82) is 0 Å². The fourth-order valence-corrected chi connectivity index (χ4v) is 2.70. The standard InChI is InChI=1S/C20H24N2O2/c1-14-6-5-7-18(11-14)12-21-20(24)13-22(17(4)23)19-9-8-15(2)10-16(19)3/h5-11H,12-13H2,1-4H3,(H,21,24). The predicted molar refractivity (Wildman–Crippen MR) is 97.0 cm³/mol. The lowest BCUT2D eigenvalue weighted by Gasteiger charge is -2.23. The molecule has 2 aromatic carbocycles. The first-order valence-corrected chi connectivity index (χ1v) is 8.04. The van der Waals surface area contributed by atoms with Crippen molar-refractivity contribution in [2.75, 3.05) is 11.4 Å². The van der Waals surface area contributed by atoms with E-state index in [0.717, 1.165) is 27.9 Å². The lowest BCUT2D eigenvalue weighted by atomic mass is 10.1. The molecule has 1 N–H and O–H groups in total. The minimum atomic E-state index is -0.174. The van der Waals surface area contributed by atoms with Gasteiger partial charge in [0.05, 0.1) is 0 Å². The zero-order chi connectivity index (χ0) is 17.7. The van der Waals surface area contributed by atoms with E-state index in [2.05, 4.69) is 5.32 Å². The maximum absolute atomic E-state index is 12.3. The van der Waals surface area contributed by atoms with Gasteiger partial charge in [-0.3, -0.25) is 9.59 Å². The molecule has 0 aliphatic rings. The SMILES string of the molecule is CC(=O)N(CC(=O)NCc1cccc(C)c1)c1ccc(C)cc1C. The number of rotatable bonds is 5. The molecule has 0 saturated carbocycles. The van der Waals surface area contributed by atoms with Gasteiger partial charge in [-0.2, -0.15) is 0 Å². The highest BCUT2D eigenvalue weighted by Gasteiger charge is 2.17. The first-order chi connectivity index (χ1) is 11.4. The Morgan fingerprint density at radius 1 is 1.00 bits per heavy atom. The molecule has 0 spiro atoms. The van der Waals surface area contributed by atoms with Crippen molar-refractivity contribution >= 4 is 17.5 Å². The van der Waals surface area contributed by atoms with E-state index in [0.29, 0.717) is 6.54 Å². The van der Waals surface area contributed by atoms with E-state index in [-0.39, 0.29) is 18.4 Å². The maximum Gasteiger partial charge on any atom is 0.240 e. The Labute approximate surface area is 143 Å². The fraction of sp³-hybridized carbons (Fsp3) is 0.300. The number of anilines is 1. The van der Waals surface area contributed by atoms with Crippen molar-refractivity contribution in [3.8, 4) is 0 Å². The summed E-state index contributed by atoms with van der Waals surface area (Å²) < 4.78 is 0. The van der Waals surface area contributed by atoms with Gasteiger partial charge in [-0.25, -0.2) is 0 Å². The molecule has 24 heavy (non-hydrogen) atoms. The largest absolute Gasteiger partial charge is 0.350 e. The third-order valence-electron chi connectivity index (χ3n) is 3.90. The zero-order valence-corrected chi connectivity index (χ0v) is 14.7. The minimum Gasteiger partial charge on any atom is -0.350 e. The number of hydrogen-bond donors (Lipinski definition) is 1. The first-order valence-electron chi connectivity index (χ1n) is 8.04. The molecule has 0 unspecified atom stereocenters. The lowest BCUT2D eigenvalue weighted by molar-refractivity contribution is -0.123. The van der Waals surface area contributed by atoms with Crippen LogP contribution in [0.5, 0.6) is 0 Å². The Hall–Kier alpha value is -2.62. The number of amides is 2. The van der Waals surface area contributed by atoms with Crippen LogP contribution < -0.4 is 10.2 Å². The van der Waals surface area contributed by atoms with Crippen molar-refractivity contribution in [2.24, 2.45) is 0 Å². The summed E-state index contributed by atoms with van der Waals surface area (Å²) >= 11 is 0. The molecular weight excluding hydrogens is 300 g/mol. The molecule has 126 valence electrons. The number of hydrogen-bond acceptors (Lipinski definition) is 2. The molecule has 4 heteroatoms. The summed E-state index contributed by atoms with van der Waals surface area (Å²) in [5.74, 6) is -0.320. The van der Waals surface area contributed by atoms with Crippen molar-refractivity contribution in [1.82, 2.24) is 5.32 Å². The summed E-state index contributed by atoms with van der Waals surface area (Å²) in [4.78, 5) is 25.8. The van der Waals surface area contributed by atoms with Gasteiger partial charge in [0.25, 0.3) is 0 Å². The van der Waals surface area contributed by atoms with Gasteiger partial charge >= 0.3 is 0 Å². The maximum atomic E-state index is 12.3. The molecule has 2 aromatic rings. The van der Waals surface area contributed by atoms with Gasteiger partial charge in [0.1, 0.15) is 6.54 Å². The Bertz CT molecular complexity index is 753. The van der Waals surface area contributed by atoms with E-state index in [9.17, 15) is 9.59 Å². The van der Waals surface area contributed by atoms with Crippen LogP contribution in [0, 0.1) is 20.8 Å². The molecule has 0 saturated heterocycles. The highest BCUT2D eigenvalue weighted by Crippen LogP contribution is 2.21. The molecule has 0 heterocycles. The van der Waals surface area contributed by atoms with Crippen LogP contribution in [-0.2, 0) is 16.1 Å². The van der Waals surface area contributed by atoms with Crippen LogP contribution in [0.3, 0.4) is 0 Å². The second kappa shape index (κ2) is 7.77. The number of nitrogens with one attached hydrogen (secondary N) is 1. The van der Waals surface area contributed by atoms with Crippen molar-refractivity contribution in [3.05, 3.63) is 64.7 Å². The zero-order valence-electron chi connectivity index (χ0n) is 14.7. The Morgan fingerprint density at radius 2 is 1.71 bits per heavy atom. The lowest BCUT2D eigenvalue weighted by Crippen LogP contribution is -2.40. The monoisotopic (exact) mass is 324 g/mol. The van der Waals surface area contributed by atoms with E-state index in [1.807, 2.05) is 63.2 Å². The van der Waals surface area contributed by atoms with E-state index in [4.69, 9.17) is 0 Å². The Balaban J connectivity index is 2.05. The average Bonchev–Trinajstić information content (AvgIpc) is 2.51.